The molecule has 2 N–H and O–H groups in total. The molecule has 0 radical (unpaired) electrons. The topological polar surface area (TPSA) is 67.9 Å². The first-order valence-corrected chi connectivity index (χ1v) is 7.49. The van der Waals surface area contributed by atoms with Crippen LogP contribution in [0, 0.1) is 0 Å². The fourth-order valence-corrected chi connectivity index (χ4v) is 2.46. The van der Waals surface area contributed by atoms with Gasteiger partial charge in [0.15, 0.2) is 0 Å². The third kappa shape index (κ3) is 3.21. The van der Waals surface area contributed by atoms with Gasteiger partial charge in [-0.05, 0) is 45.1 Å². The van der Waals surface area contributed by atoms with E-state index in [2.05, 4.69) is 28.9 Å². The molecule has 0 unspecified atom stereocenters. The summed E-state index contributed by atoms with van der Waals surface area (Å²) in [5, 5.41) is 8.69. The highest BCUT2D eigenvalue weighted by molar-refractivity contribution is 5.33. The summed E-state index contributed by atoms with van der Waals surface area (Å²) in [6, 6.07) is 0.588. The average molecular weight is 263 g/mol. The Kier molecular flexibility index (Phi) is 5.07. The molecule has 1 fully saturated rings. The molecular formula is C14H25N5. The second kappa shape index (κ2) is 6.80. The van der Waals surface area contributed by atoms with E-state index in [0.29, 0.717) is 12.6 Å². The molecule has 5 heteroatoms. The van der Waals surface area contributed by atoms with E-state index >= 15 is 0 Å². The number of hydrogen-bond acceptors (Lipinski definition) is 5. The van der Waals surface area contributed by atoms with Gasteiger partial charge in [0.25, 0.3) is 0 Å². The molecule has 1 heterocycles. The van der Waals surface area contributed by atoms with Crippen molar-refractivity contribution in [3.63, 3.8) is 0 Å². The summed E-state index contributed by atoms with van der Waals surface area (Å²) in [4.78, 5) is 7.04. The molecule has 0 saturated heterocycles. The summed E-state index contributed by atoms with van der Waals surface area (Å²) in [6.45, 7) is 5.88. The summed E-state index contributed by atoms with van der Waals surface area (Å²) in [5.74, 6) is 0.798. The van der Waals surface area contributed by atoms with Crippen LogP contribution in [0.2, 0.25) is 0 Å². The number of hydrogen-bond donors (Lipinski definition) is 1. The second-order valence-corrected chi connectivity index (χ2v) is 5.13. The van der Waals surface area contributed by atoms with Crippen molar-refractivity contribution in [1.82, 2.24) is 15.2 Å². The quantitative estimate of drug-likeness (QED) is 0.811. The van der Waals surface area contributed by atoms with Gasteiger partial charge in [0.05, 0.1) is 11.4 Å². The first-order chi connectivity index (χ1) is 9.30. The molecule has 1 aliphatic rings. The van der Waals surface area contributed by atoms with Gasteiger partial charge < -0.3 is 10.6 Å². The zero-order valence-electron chi connectivity index (χ0n) is 12.1. The Labute approximate surface area is 115 Å². The highest BCUT2D eigenvalue weighted by atomic mass is 15.3. The highest BCUT2D eigenvalue weighted by Gasteiger charge is 2.27. The molecule has 0 bridgehead atoms. The van der Waals surface area contributed by atoms with Crippen molar-refractivity contribution in [3.05, 3.63) is 11.4 Å². The van der Waals surface area contributed by atoms with Crippen molar-refractivity contribution in [2.24, 2.45) is 5.73 Å². The summed E-state index contributed by atoms with van der Waals surface area (Å²) < 4.78 is 0. The molecular weight excluding hydrogens is 238 g/mol. The van der Waals surface area contributed by atoms with Gasteiger partial charge in [0.2, 0.25) is 5.95 Å². The smallest absolute Gasteiger partial charge is 0.245 e. The fourth-order valence-electron chi connectivity index (χ4n) is 2.46. The van der Waals surface area contributed by atoms with Gasteiger partial charge in [-0.15, -0.1) is 5.10 Å². The predicted molar refractivity (Wildman–Crippen MR) is 77.2 cm³/mol. The van der Waals surface area contributed by atoms with Crippen LogP contribution in [0.1, 0.15) is 50.9 Å². The highest BCUT2D eigenvalue weighted by Crippen LogP contribution is 2.27. The third-order valence-electron chi connectivity index (χ3n) is 3.87. The fraction of sp³-hybridized carbons (Fsp3) is 0.786. The maximum Gasteiger partial charge on any atom is 0.245 e. The zero-order valence-corrected chi connectivity index (χ0v) is 12.1. The Bertz CT molecular complexity index is 403. The number of aromatic nitrogens is 3. The number of nitrogens with zero attached hydrogens (tertiary/aromatic N) is 4. The van der Waals surface area contributed by atoms with E-state index in [9.17, 15) is 0 Å². The standard InChI is InChI=1S/C14H25N5/c1-3-12-13(4-2)17-18-14(16-12)19(10-6-9-15)11-7-5-8-11/h11H,3-10,15H2,1-2H3. The number of nitrogens with two attached hydrogens (primary N) is 1. The van der Waals surface area contributed by atoms with Crippen LogP contribution in [0.5, 0.6) is 0 Å². The van der Waals surface area contributed by atoms with Crippen molar-refractivity contribution in [1.29, 1.82) is 0 Å². The summed E-state index contributed by atoms with van der Waals surface area (Å²) >= 11 is 0. The molecule has 106 valence electrons. The van der Waals surface area contributed by atoms with Crippen molar-refractivity contribution in [3.8, 4) is 0 Å². The van der Waals surface area contributed by atoms with Crippen molar-refractivity contribution >= 4 is 5.95 Å². The lowest BCUT2D eigenvalue weighted by Gasteiger charge is -2.37. The SMILES string of the molecule is CCc1nnc(N(CCCN)C2CCC2)nc1CC. The van der Waals surface area contributed by atoms with Gasteiger partial charge in [-0.3, -0.25) is 0 Å². The number of anilines is 1. The van der Waals surface area contributed by atoms with Gasteiger partial charge in [0.1, 0.15) is 0 Å². The largest absolute Gasteiger partial charge is 0.336 e. The van der Waals surface area contributed by atoms with E-state index in [-0.39, 0.29) is 0 Å². The van der Waals surface area contributed by atoms with E-state index in [4.69, 9.17) is 10.7 Å². The third-order valence-corrected chi connectivity index (χ3v) is 3.87. The molecule has 1 aliphatic carbocycles. The molecule has 0 amide bonds. The lowest BCUT2D eigenvalue weighted by Crippen LogP contribution is -2.42. The van der Waals surface area contributed by atoms with Crippen LogP contribution >= 0.6 is 0 Å². The van der Waals surface area contributed by atoms with Gasteiger partial charge in [-0.1, -0.05) is 13.8 Å². The molecule has 5 nitrogen and oxygen atoms in total. The van der Waals surface area contributed by atoms with E-state index in [0.717, 1.165) is 43.1 Å². The van der Waals surface area contributed by atoms with E-state index in [1.807, 2.05) is 0 Å². The minimum absolute atomic E-state index is 0.588. The molecule has 1 saturated carbocycles. The van der Waals surface area contributed by atoms with E-state index in [1.54, 1.807) is 0 Å². The first-order valence-electron chi connectivity index (χ1n) is 7.49. The Morgan fingerprint density at radius 2 is 1.89 bits per heavy atom. The molecule has 0 aliphatic heterocycles. The lowest BCUT2D eigenvalue weighted by atomic mass is 9.91. The number of rotatable bonds is 7. The summed E-state index contributed by atoms with van der Waals surface area (Å²) in [6.07, 6.45) is 6.59. The Morgan fingerprint density at radius 1 is 1.16 bits per heavy atom. The van der Waals surface area contributed by atoms with Crippen molar-refractivity contribution in [2.45, 2.75) is 58.4 Å². The Balaban J connectivity index is 2.19. The van der Waals surface area contributed by atoms with E-state index in [1.165, 1.54) is 19.3 Å². The lowest BCUT2D eigenvalue weighted by molar-refractivity contribution is 0.379. The van der Waals surface area contributed by atoms with Crippen LogP contribution in [0.3, 0.4) is 0 Å². The maximum absolute atomic E-state index is 5.63. The van der Waals surface area contributed by atoms with Crippen LogP contribution in [-0.2, 0) is 12.8 Å². The van der Waals surface area contributed by atoms with Crippen LogP contribution in [0.15, 0.2) is 0 Å². The van der Waals surface area contributed by atoms with Gasteiger partial charge in [-0.25, -0.2) is 4.98 Å². The normalized spacial score (nSPS) is 15.3. The average Bonchev–Trinajstić information content (AvgIpc) is 2.40. The monoisotopic (exact) mass is 263 g/mol. The second-order valence-electron chi connectivity index (χ2n) is 5.13. The molecule has 1 aromatic heterocycles. The summed E-state index contributed by atoms with van der Waals surface area (Å²) in [5.41, 5.74) is 7.75. The van der Waals surface area contributed by atoms with Crippen LogP contribution in [0.25, 0.3) is 0 Å². The molecule has 1 aromatic rings. The minimum atomic E-state index is 0.588. The molecule has 0 aromatic carbocycles. The van der Waals surface area contributed by atoms with Crippen LogP contribution in [-0.4, -0.2) is 34.3 Å². The van der Waals surface area contributed by atoms with E-state index < -0.39 is 0 Å². The Hall–Kier alpha value is -1.23. The van der Waals surface area contributed by atoms with Crippen molar-refractivity contribution in [2.75, 3.05) is 18.0 Å². The van der Waals surface area contributed by atoms with Crippen molar-refractivity contribution < 1.29 is 0 Å². The predicted octanol–water partition coefficient (Wildman–Crippen LogP) is 1.70. The number of aryl methyl sites for hydroxylation is 2. The molecule has 0 spiro atoms. The molecule has 19 heavy (non-hydrogen) atoms. The summed E-state index contributed by atoms with van der Waals surface area (Å²) in [7, 11) is 0. The van der Waals surface area contributed by atoms with Gasteiger partial charge in [0, 0.05) is 12.6 Å². The Morgan fingerprint density at radius 3 is 2.42 bits per heavy atom. The van der Waals surface area contributed by atoms with Crippen LogP contribution in [0.4, 0.5) is 5.95 Å². The van der Waals surface area contributed by atoms with Gasteiger partial charge >= 0.3 is 0 Å². The molecule has 0 atom stereocenters. The maximum atomic E-state index is 5.63. The van der Waals surface area contributed by atoms with Crippen LogP contribution < -0.4 is 10.6 Å². The molecule has 2 rings (SSSR count). The minimum Gasteiger partial charge on any atom is -0.336 e. The first kappa shape index (κ1) is 14.2. The zero-order chi connectivity index (χ0) is 13.7. The van der Waals surface area contributed by atoms with Gasteiger partial charge in [-0.2, -0.15) is 5.10 Å².